The maximum absolute atomic E-state index is 12.7. The standard InChI is InChI=1S/C16H13F3N4OS/c1-2-6-22-15-11(8-20)12(21)13(25-15)14(24)23-10-5-3-4-9(7-10)16(17,18)19/h2-5,7,22H,1,6,21H2,(H,23,24). The van der Waals surface area contributed by atoms with Crippen molar-refractivity contribution in [2.75, 3.05) is 22.9 Å². The number of nitrogens with two attached hydrogens (primary N) is 1. The number of amides is 1. The molecule has 1 amide bonds. The van der Waals surface area contributed by atoms with Crippen molar-refractivity contribution < 1.29 is 18.0 Å². The van der Waals surface area contributed by atoms with Crippen LogP contribution in [0.1, 0.15) is 20.8 Å². The monoisotopic (exact) mass is 366 g/mol. The lowest BCUT2D eigenvalue weighted by molar-refractivity contribution is -0.137. The first-order valence-electron chi connectivity index (χ1n) is 6.93. The highest BCUT2D eigenvalue weighted by Crippen LogP contribution is 2.36. The molecule has 1 aromatic carbocycles. The van der Waals surface area contributed by atoms with Gasteiger partial charge in [0.1, 0.15) is 21.5 Å². The number of nitrogen functional groups attached to an aromatic ring is 1. The van der Waals surface area contributed by atoms with Gasteiger partial charge in [0.05, 0.1) is 11.3 Å². The van der Waals surface area contributed by atoms with Crippen molar-refractivity contribution in [2.45, 2.75) is 6.18 Å². The minimum Gasteiger partial charge on any atom is -0.396 e. The summed E-state index contributed by atoms with van der Waals surface area (Å²) < 4.78 is 38.2. The molecule has 4 N–H and O–H groups in total. The summed E-state index contributed by atoms with van der Waals surface area (Å²) in [5.74, 6) is -0.690. The Bertz CT molecular complexity index is 852. The van der Waals surface area contributed by atoms with E-state index in [0.717, 1.165) is 23.5 Å². The van der Waals surface area contributed by atoms with E-state index in [-0.39, 0.29) is 21.8 Å². The smallest absolute Gasteiger partial charge is 0.396 e. The highest BCUT2D eigenvalue weighted by Gasteiger charge is 2.30. The lowest BCUT2D eigenvalue weighted by Crippen LogP contribution is -2.13. The van der Waals surface area contributed by atoms with Crippen LogP contribution in [-0.4, -0.2) is 12.5 Å². The molecule has 1 aromatic heterocycles. The predicted molar refractivity (Wildman–Crippen MR) is 91.5 cm³/mol. The number of hydrogen-bond donors (Lipinski definition) is 3. The Labute approximate surface area is 145 Å². The first kappa shape index (κ1) is 18.4. The second-order valence-electron chi connectivity index (χ2n) is 4.86. The lowest BCUT2D eigenvalue weighted by Gasteiger charge is -2.09. The number of nitrogens with zero attached hydrogens (tertiary/aromatic N) is 1. The van der Waals surface area contributed by atoms with Gasteiger partial charge in [-0.25, -0.2) is 0 Å². The van der Waals surface area contributed by atoms with E-state index >= 15 is 0 Å². The Kier molecular flexibility index (Phi) is 5.34. The number of hydrogen-bond acceptors (Lipinski definition) is 5. The SMILES string of the molecule is C=CCNc1sc(C(=O)Nc2cccc(C(F)(F)F)c2)c(N)c1C#N. The molecule has 1 heterocycles. The fraction of sp³-hybridized carbons (Fsp3) is 0.125. The Morgan fingerprint density at radius 3 is 2.76 bits per heavy atom. The molecule has 0 spiro atoms. The normalized spacial score (nSPS) is 10.8. The molecule has 0 fully saturated rings. The number of carbonyl (C=O) groups is 1. The number of nitrogens with one attached hydrogen (secondary N) is 2. The van der Waals surface area contributed by atoms with Gasteiger partial charge < -0.3 is 16.4 Å². The molecule has 9 heteroatoms. The summed E-state index contributed by atoms with van der Waals surface area (Å²) in [6, 6.07) is 6.15. The first-order valence-corrected chi connectivity index (χ1v) is 7.75. The van der Waals surface area contributed by atoms with Gasteiger partial charge in [0, 0.05) is 12.2 Å². The molecular weight excluding hydrogens is 353 g/mol. The lowest BCUT2D eigenvalue weighted by atomic mass is 10.2. The molecule has 2 rings (SSSR count). The van der Waals surface area contributed by atoms with E-state index in [1.165, 1.54) is 12.1 Å². The molecule has 0 saturated carbocycles. The van der Waals surface area contributed by atoms with Crippen LogP contribution in [0.5, 0.6) is 0 Å². The van der Waals surface area contributed by atoms with Crippen LogP contribution in [0.25, 0.3) is 0 Å². The summed E-state index contributed by atoms with van der Waals surface area (Å²) in [6.45, 7) is 3.90. The van der Waals surface area contributed by atoms with Crippen molar-refractivity contribution in [3.63, 3.8) is 0 Å². The van der Waals surface area contributed by atoms with Crippen molar-refractivity contribution in [2.24, 2.45) is 0 Å². The molecule has 25 heavy (non-hydrogen) atoms. The summed E-state index contributed by atoms with van der Waals surface area (Å²) >= 11 is 0.947. The summed E-state index contributed by atoms with van der Waals surface area (Å²) in [6.07, 6.45) is -2.95. The quantitative estimate of drug-likeness (QED) is 0.696. The number of rotatable bonds is 5. The van der Waals surface area contributed by atoms with Gasteiger partial charge >= 0.3 is 6.18 Å². The second kappa shape index (κ2) is 7.27. The number of carbonyl (C=O) groups excluding carboxylic acids is 1. The number of anilines is 3. The Morgan fingerprint density at radius 2 is 2.16 bits per heavy atom. The van der Waals surface area contributed by atoms with Crippen molar-refractivity contribution in [1.29, 1.82) is 5.26 Å². The molecule has 0 saturated heterocycles. The van der Waals surface area contributed by atoms with Gasteiger partial charge in [-0.2, -0.15) is 18.4 Å². The average Bonchev–Trinajstić information content (AvgIpc) is 2.88. The van der Waals surface area contributed by atoms with E-state index in [0.29, 0.717) is 11.5 Å². The second-order valence-corrected chi connectivity index (χ2v) is 5.88. The zero-order chi connectivity index (χ0) is 18.6. The zero-order valence-electron chi connectivity index (χ0n) is 12.8. The van der Waals surface area contributed by atoms with E-state index in [1.54, 1.807) is 6.08 Å². The molecule has 5 nitrogen and oxygen atoms in total. The van der Waals surface area contributed by atoms with Gasteiger partial charge in [0.15, 0.2) is 0 Å². The van der Waals surface area contributed by atoms with Crippen LogP contribution in [0.4, 0.5) is 29.5 Å². The van der Waals surface area contributed by atoms with E-state index in [9.17, 15) is 18.0 Å². The molecule has 0 aliphatic heterocycles. The van der Waals surface area contributed by atoms with Gasteiger partial charge in [-0.15, -0.1) is 17.9 Å². The van der Waals surface area contributed by atoms with Gasteiger partial charge in [0.25, 0.3) is 5.91 Å². The first-order chi connectivity index (χ1) is 11.8. The average molecular weight is 366 g/mol. The Hall–Kier alpha value is -2.99. The molecule has 0 radical (unpaired) electrons. The number of alkyl halides is 3. The third kappa shape index (κ3) is 4.10. The minimum atomic E-state index is -4.52. The van der Waals surface area contributed by atoms with Crippen LogP contribution in [-0.2, 0) is 6.18 Å². The van der Waals surface area contributed by atoms with Gasteiger partial charge in [-0.05, 0) is 18.2 Å². The van der Waals surface area contributed by atoms with Crippen molar-refractivity contribution in [3.8, 4) is 6.07 Å². The van der Waals surface area contributed by atoms with Crippen LogP contribution in [0.3, 0.4) is 0 Å². The van der Waals surface area contributed by atoms with E-state index < -0.39 is 17.6 Å². The molecule has 0 atom stereocenters. The van der Waals surface area contributed by atoms with Crippen molar-refractivity contribution in [3.05, 3.63) is 52.9 Å². The Morgan fingerprint density at radius 1 is 1.44 bits per heavy atom. The fourth-order valence-corrected chi connectivity index (χ4v) is 2.95. The summed E-state index contributed by atoms with van der Waals surface area (Å²) in [5.41, 5.74) is 5.01. The van der Waals surface area contributed by atoms with Gasteiger partial charge in [-0.3, -0.25) is 4.79 Å². The van der Waals surface area contributed by atoms with Gasteiger partial charge in [0.2, 0.25) is 0 Å². The highest BCUT2D eigenvalue weighted by molar-refractivity contribution is 7.19. The number of benzene rings is 1. The molecule has 130 valence electrons. The van der Waals surface area contributed by atoms with Crippen LogP contribution in [0.2, 0.25) is 0 Å². The van der Waals surface area contributed by atoms with Crippen LogP contribution < -0.4 is 16.4 Å². The number of thiophene rings is 1. The molecule has 0 aliphatic rings. The van der Waals surface area contributed by atoms with E-state index in [2.05, 4.69) is 17.2 Å². The highest BCUT2D eigenvalue weighted by atomic mass is 32.1. The summed E-state index contributed by atoms with van der Waals surface area (Å²) in [4.78, 5) is 12.4. The van der Waals surface area contributed by atoms with Crippen LogP contribution >= 0.6 is 11.3 Å². The predicted octanol–water partition coefficient (Wildman–Crippen LogP) is 4.07. The molecule has 0 aliphatic carbocycles. The summed E-state index contributed by atoms with van der Waals surface area (Å²) in [7, 11) is 0. The Balaban J connectivity index is 2.29. The van der Waals surface area contributed by atoms with Gasteiger partial charge in [-0.1, -0.05) is 12.1 Å². The summed E-state index contributed by atoms with van der Waals surface area (Å²) in [5, 5.41) is 14.8. The van der Waals surface area contributed by atoms with Crippen LogP contribution in [0, 0.1) is 11.3 Å². The third-order valence-corrected chi connectivity index (χ3v) is 4.28. The maximum Gasteiger partial charge on any atom is 0.416 e. The fourth-order valence-electron chi connectivity index (χ4n) is 1.97. The maximum atomic E-state index is 12.7. The molecule has 0 bridgehead atoms. The van der Waals surface area contributed by atoms with Crippen molar-refractivity contribution in [1.82, 2.24) is 0 Å². The van der Waals surface area contributed by atoms with E-state index in [1.807, 2.05) is 6.07 Å². The number of nitriles is 1. The molecule has 0 unspecified atom stereocenters. The van der Waals surface area contributed by atoms with E-state index in [4.69, 9.17) is 11.0 Å². The van der Waals surface area contributed by atoms with Crippen molar-refractivity contribution >= 4 is 33.6 Å². The third-order valence-electron chi connectivity index (χ3n) is 3.12. The zero-order valence-corrected chi connectivity index (χ0v) is 13.6. The molecular formula is C16H13F3N4OS. The minimum absolute atomic E-state index is 0.0215. The molecule has 2 aromatic rings. The number of halogens is 3. The largest absolute Gasteiger partial charge is 0.416 e. The van der Waals surface area contributed by atoms with Crippen LogP contribution in [0.15, 0.2) is 36.9 Å². The topological polar surface area (TPSA) is 90.9 Å².